The molecule has 1 aliphatic rings. The number of hydrogen-bond donors (Lipinski definition) is 2. The molecule has 0 bridgehead atoms. The van der Waals surface area contributed by atoms with E-state index >= 15 is 0 Å². The predicted molar refractivity (Wildman–Crippen MR) is 69.8 cm³/mol. The van der Waals surface area contributed by atoms with E-state index in [1.165, 1.54) is 0 Å². The molecule has 0 spiro atoms. The fourth-order valence-electron chi connectivity index (χ4n) is 2.48. The second-order valence-electron chi connectivity index (χ2n) is 5.25. The number of carbonyl (C=O) groups excluding carboxylic acids is 1. The average Bonchev–Trinajstić information content (AvgIpc) is 2.82. The molecule has 1 fully saturated rings. The van der Waals surface area contributed by atoms with Crippen LogP contribution in [0.5, 0.6) is 0 Å². The van der Waals surface area contributed by atoms with Gasteiger partial charge >= 0.3 is 0 Å². The topological polar surface area (TPSA) is 72.9 Å². The monoisotopic (exact) mass is 250 g/mol. The lowest BCUT2D eigenvalue weighted by molar-refractivity contribution is -0.126. The summed E-state index contributed by atoms with van der Waals surface area (Å²) in [6.07, 6.45) is 7.42. The Morgan fingerprint density at radius 1 is 1.50 bits per heavy atom. The Labute approximate surface area is 108 Å². The Morgan fingerprint density at radius 3 is 2.83 bits per heavy atom. The third-order valence-electron chi connectivity index (χ3n) is 3.55. The summed E-state index contributed by atoms with van der Waals surface area (Å²) in [6, 6.07) is 2.28. The average molecular weight is 250 g/mol. The highest BCUT2D eigenvalue weighted by Gasteiger charge is 2.25. The Bertz CT molecular complexity index is 368. The molecule has 100 valence electrons. The minimum absolute atomic E-state index is 0.105. The molecular weight excluding hydrogens is 228 g/mol. The van der Waals surface area contributed by atoms with E-state index in [2.05, 4.69) is 10.4 Å². The van der Waals surface area contributed by atoms with Crippen LogP contribution < -0.4 is 11.1 Å². The van der Waals surface area contributed by atoms with Crippen molar-refractivity contribution < 1.29 is 4.79 Å². The molecule has 1 atom stereocenters. The summed E-state index contributed by atoms with van der Waals surface area (Å²) in [6.45, 7) is 2.72. The Morgan fingerprint density at radius 2 is 2.22 bits per heavy atom. The van der Waals surface area contributed by atoms with Gasteiger partial charge in [-0.15, -0.1) is 0 Å². The summed E-state index contributed by atoms with van der Waals surface area (Å²) >= 11 is 0. The van der Waals surface area contributed by atoms with Crippen molar-refractivity contribution in [3.8, 4) is 0 Å². The van der Waals surface area contributed by atoms with Crippen molar-refractivity contribution in [3.05, 3.63) is 18.5 Å². The van der Waals surface area contributed by atoms with Crippen LogP contribution in [-0.2, 0) is 11.3 Å². The molecule has 3 N–H and O–H groups in total. The van der Waals surface area contributed by atoms with Gasteiger partial charge in [0, 0.05) is 30.4 Å². The molecule has 1 heterocycles. The molecule has 5 nitrogen and oxygen atoms in total. The van der Waals surface area contributed by atoms with Crippen LogP contribution >= 0.6 is 0 Å². The standard InChI is InChI=1S/C13H22N4O/c1-10(9-17-8-2-7-15-17)16-13(18)11-3-5-12(14)6-4-11/h2,7-8,10-12H,3-6,9,14H2,1H3,(H,16,18). The van der Waals surface area contributed by atoms with Gasteiger partial charge in [-0.25, -0.2) is 0 Å². The lowest BCUT2D eigenvalue weighted by atomic mass is 9.86. The molecule has 1 saturated carbocycles. The number of nitrogens with two attached hydrogens (primary N) is 1. The van der Waals surface area contributed by atoms with E-state index in [0.29, 0.717) is 6.54 Å². The van der Waals surface area contributed by atoms with E-state index in [9.17, 15) is 4.79 Å². The van der Waals surface area contributed by atoms with Crippen LogP contribution in [0.25, 0.3) is 0 Å². The highest BCUT2D eigenvalue weighted by atomic mass is 16.1. The number of nitrogens with zero attached hydrogens (tertiary/aromatic N) is 2. The zero-order chi connectivity index (χ0) is 13.0. The van der Waals surface area contributed by atoms with Gasteiger partial charge < -0.3 is 11.1 Å². The molecule has 0 aromatic carbocycles. The Hall–Kier alpha value is -1.36. The summed E-state index contributed by atoms with van der Waals surface area (Å²) in [5, 5.41) is 7.20. The molecule has 5 heteroatoms. The maximum absolute atomic E-state index is 12.1. The van der Waals surface area contributed by atoms with Crippen molar-refractivity contribution in [2.24, 2.45) is 11.7 Å². The van der Waals surface area contributed by atoms with Crippen molar-refractivity contribution in [2.45, 2.75) is 51.2 Å². The van der Waals surface area contributed by atoms with Gasteiger partial charge in [-0.3, -0.25) is 9.48 Å². The molecule has 0 radical (unpaired) electrons. The van der Waals surface area contributed by atoms with Gasteiger partial charge in [-0.2, -0.15) is 5.10 Å². The minimum Gasteiger partial charge on any atom is -0.352 e. The third-order valence-corrected chi connectivity index (χ3v) is 3.55. The van der Waals surface area contributed by atoms with Crippen molar-refractivity contribution in [1.29, 1.82) is 0 Å². The van der Waals surface area contributed by atoms with Gasteiger partial charge in [-0.1, -0.05) is 0 Å². The third kappa shape index (κ3) is 3.57. The van der Waals surface area contributed by atoms with Crippen LogP contribution in [0.1, 0.15) is 32.6 Å². The fourth-order valence-corrected chi connectivity index (χ4v) is 2.48. The zero-order valence-corrected chi connectivity index (χ0v) is 10.9. The van der Waals surface area contributed by atoms with Gasteiger partial charge in [0.15, 0.2) is 0 Å². The van der Waals surface area contributed by atoms with E-state index < -0.39 is 0 Å². The first-order chi connectivity index (χ1) is 8.65. The summed E-state index contributed by atoms with van der Waals surface area (Å²) in [7, 11) is 0. The van der Waals surface area contributed by atoms with E-state index in [4.69, 9.17) is 5.73 Å². The Kier molecular flexibility index (Phi) is 4.36. The van der Waals surface area contributed by atoms with E-state index in [1.54, 1.807) is 6.20 Å². The van der Waals surface area contributed by atoms with Gasteiger partial charge in [-0.05, 0) is 38.7 Å². The maximum atomic E-state index is 12.1. The van der Waals surface area contributed by atoms with Gasteiger partial charge in [0.2, 0.25) is 5.91 Å². The van der Waals surface area contributed by atoms with Gasteiger partial charge in [0.1, 0.15) is 0 Å². The first-order valence-corrected chi connectivity index (χ1v) is 6.68. The minimum atomic E-state index is 0.105. The number of amides is 1. The lowest BCUT2D eigenvalue weighted by Gasteiger charge is -2.26. The van der Waals surface area contributed by atoms with Crippen LogP contribution in [0, 0.1) is 5.92 Å². The van der Waals surface area contributed by atoms with Gasteiger partial charge in [0.25, 0.3) is 0 Å². The van der Waals surface area contributed by atoms with Gasteiger partial charge in [0.05, 0.1) is 6.54 Å². The van der Waals surface area contributed by atoms with E-state index in [0.717, 1.165) is 25.7 Å². The van der Waals surface area contributed by atoms with E-state index in [-0.39, 0.29) is 23.9 Å². The van der Waals surface area contributed by atoms with Crippen molar-refractivity contribution in [1.82, 2.24) is 15.1 Å². The van der Waals surface area contributed by atoms with Crippen LogP contribution in [-0.4, -0.2) is 27.8 Å². The molecule has 1 aliphatic carbocycles. The van der Waals surface area contributed by atoms with Crippen molar-refractivity contribution in [2.75, 3.05) is 0 Å². The zero-order valence-electron chi connectivity index (χ0n) is 10.9. The molecule has 0 aliphatic heterocycles. The normalized spacial score (nSPS) is 25.7. The second kappa shape index (κ2) is 6.00. The summed E-state index contributed by atoms with van der Waals surface area (Å²) < 4.78 is 1.84. The molecule has 18 heavy (non-hydrogen) atoms. The van der Waals surface area contributed by atoms with Crippen LogP contribution in [0.3, 0.4) is 0 Å². The quantitative estimate of drug-likeness (QED) is 0.834. The number of hydrogen-bond acceptors (Lipinski definition) is 3. The molecule has 1 aromatic rings. The van der Waals surface area contributed by atoms with Crippen molar-refractivity contribution in [3.63, 3.8) is 0 Å². The predicted octanol–water partition coefficient (Wildman–Crippen LogP) is 0.905. The van der Waals surface area contributed by atoms with Crippen LogP contribution in [0.15, 0.2) is 18.5 Å². The highest BCUT2D eigenvalue weighted by Crippen LogP contribution is 2.23. The Balaban J connectivity index is 1.76. The molecule has 0 saturated heterocycles. The van der Waals surface area contributed by atoms with Crippen molar-refractivity contribution >= 4 is 5.91 Å². The summed E-state index contributed by atoms with van der Waals surface area (Å²) in [5.74, 6) is 0.312. The maximum Gasteiger partial charge on any atom is 0.223 e. The molecule has 2 rings (SSSR count). The summed E-state index contributed by atoms with van der Waals surface area (Å²) in [5.41, 5.74) is 5.85. The van der Waals surface area contributed by atoms with E-state index in [1.807, 2.05) is 23.9 Å². The molecule has 1 amide bonds. The number of aromatic nitrogens is 2. The van der Waals surface area contributed by atoms with Crippen LogP contribution in [0.4, 0.5) is 0 Å². The number of carbonyl (C=O) groups is 1. The number of rotatable bonds is 4. The number of nitrogens with one attached hydrogen (secondary N) is 1. The second-order valence-corrected chi connectivity index (χ2v) is 5.25. The molecule has 1 unspecified atom stereocenters. The van der Waals surface area contributed by atoms with Crippen LogP contribution in [0.2, 0.25) is 0 Å². The SMILES string of the molecule is CC(Cn1cccn1)NC(=O)C1CCC(N)CC1. The first kappa shape index (κ1) is 13.1. The lowest BCUT2D eigenvalue weighted by Crippen LogP contribution is -2.41. The molecular formula is C13H22N4O. The largest absolute Gasteiger partial charge is 0.352 e. The highest BCUT2D eigenvalue weighted by molar-refractivity contribution is 5.78. The smallest absolute Gasteiger partial charge is 0.223 e. The fraction of sp³-hybridized carbons (Fsp3) is 0.692. The molecule has 1 aromatic heterocycles. The summed E-state index contributed by atoms with van der Waals surface area (Å²) in [4.78, 5) is 12.1. The first-order valence-electron chi connectivity index (χ1n) is 6.68.